The van der Waals surface area contributed by atoms with Crippen LogP contribution in [0.5, 0.6) is 5.75 Å². The van der Waals surface area contributed by atoms with Gasteiger partial charge in [0.05, 0.1) is 0 Å². The van der Waals surface area contributed by atoms with Crippen molar-refractivity contribution in [2.45, 2.75) is 27.7 Å². The first-order valence-corrected chi connectivity index (χ1v) is 7.39. The molecule has 0 radical (unpaired) electrons. The molecule has 3 heteroatoms. The molecule has 18 heavy (non-hydrogen) atoms. The van der Waals surface area contributed by atoms with Crippen molar-refractivity contribution in [1.29, 1.82) is 0 Å². The van der Waals surface area contributed by atoms with Crippen LogP contribution >= 0.6 is 12.4 Å². The molecule has 1 nitrogen and oxygen atoms in total. The largest absolute Gasteiger partial charge is 0.147 e. The number of hydrogen-bond donors (Lipinski definition) is 0. The first kappa shape index (κ1) is 15.6. The van der Waals surface area contributed by atoms with Crippen molar-refractivity contribution < 1.29 is 22.9 Å². The molecule has 0 fully saturated rings. The van der Waals surface area contributed by atoms with Crippen LogP contribution in [-0.4, -0.2) is 0 Å². The van der Waals surface area contributed by atoms with Crippen LogP contribution in [-0.2, 0) is 19.5 Å². The third kappa shape index (κ3) is 3.09. The fourth-order valence-electron chi connectivity index (χ4n) is 2.13. The first-order valence-electron chi connectivity index (χ1n) is 5.97. The van der Waals surface area contributed by atoms with Crippen molar-refractivity contribution in [2.75, 3.05) is 0 Å². The van der Waals surface area contributed by atoms with Crippen molar-refractivity contribution in [3.8, 4) is 5.75 Å². The topological polar surface area (TPSA) is 9.23 Å². The summed E-state index contributed by atoms with van der Waals surface area (Å²) < 4.78 is 7.51. The van der Waals surface area contributed by atoms with Crippen LogP contribution in [0, 0.1) is 5.92 Å². The van der Waals surface area contributed by atoms with Crippen molar-refractivity contribution in [3.63, 3.8) is 0 Å². The molecule has 1 aliphatic carbocycles. The number of benzene rings is 1. The second-order valence-corrected chi connectivity index (χ2v) is 6.06. The van der Waals surface area contributed by atoms with Gasteiger partial charge in [-0.3, -0.25) is 0 Å². The molecule has 0 bridgehead atoms. The predicted molar refractivity (Wildman–Crippen MR) is 74.6 cm³/mol. The predicted octanol–water partition coefficient (Wildman–Crippen LogP) is 4.74. The molecule has 96 valence electrons. The van der Waals surface area contributed by atoms with E-state index in [1.165, 1.54) is 16.7 Å². The van der Waals surface area contributed by atoms with Gasteiger partial charge in [-0.1, -0.05) is 0 Å². The van der Waals surface area contributed by atoms with Gasteiger partial charge in [-0.2, -0.15) is 0 Å². The minimum atomic E-state index is -0.498. The Morgan fingerprint density at radius 1 is 1.00 bits per heavy atom. The van der Waals surface area contributed by atoms with Crippen LogP contribution < -0.4 is 3.32 Å². The summed E-state index contributed by atoms with van der Waals surface area (Å²) in [6.45, 7) is 8.99. The summed E-state index contributed by atoms with van der Waals surface area (Å²) in [7, 11) is 0. The molecule has 0 aliphatic heterocycles. The van der Waals surface area contributed by atoms with E-state index in [1.54, 1.807) is 3.88 Å². The molecular weight excluding hydrogens is 279 g/mol. The smallest absolute Gasteiger partial charge is 0.147 e. The van der Waals surface area contributed by atoms with E-state index in [1.807, 2.05) is 30.3 Å². The number of hydrogen-bond acceptors (Lipinski definition) is 1. The van der Waals surface area contributed by atoms with Gasteiger partial charge in [0, 0.05) is 0 Å². The summed E-state index contributed by atoms with van der Waals surface area (Å²) >= 11 is -0.498. The van der Waals surface area contributed by atoms with Crippen LogP contribution in [0.25, 0.3) is 0 Å². The van der Waals surface area contributed by atoms with Crippen molar-refractivity contribution in [2.24, 2.45) is 5.92 Å². The van der Waals surface area contributed by atoms with Gasteiger partial charge in [-0.25, -0.2) is 0 Å². The van der Waals surface area contributed by atoms with Crippen LogP contribution in [0.4, 0.5) is 0 Å². The summed E-state index contributed by atoms with van der Waals surface area (Å²) in [6, 6.07) is 10.1. The second kappa shape index (κ2) is 6.61. The summed E-state index contributed by atoms with van der Waals surface area (Å²) in [5.74, 6) is 1.58. The maximum Gasteiger partial charge on any atom is -0.147 e. The van der Waals surface area contributed by atoms with Gasteiger partial charge in [-0.15, -0.1) is 12.4 Å². The van der Waals surface area contributed by atoms with Gasteiger partial charge >= 0.3 is 113 Å². The van der Waals surface area contributed by atoms with Crippen molar-refractivity contribution >= 4 is 12.4 Å². The molecule has 0 aromatic heterocycles. The van der Waals surface area contributed by atoms with Crippen LogP contribution in [0.2, 0.25) is 0 Å². The van der Waals surface area contributed by atoms with E-state index in [0.29, 0.717) is 5.92 Å². The SMILES string of the molecule is CC1=C(C)C(C)[C]([Ti][O]c2ccccc2)=C1C.Cl. The van der Waals surface area contributed by atoms with Gasteiger partial charge in [0.25, 0.3) is 0 Å². The normalized spacial score (nSPS) is 18.8. The van der Waals surface area contributed by atoms with Crippen LogP contribution in [0.3, 0.4) is 0 Å². The Bertz CT molecular complexity index is 477. The Balaban J connectivity index is 0.00000162. The fourth-order valence-corrected chi connectivity index (χ4v) is 3.85. The van der Waals surface area contributed by atoms with Gasteiger partial charge in [0.2, 0.25) is 0 Å². The molecule has 0 spiro atoms. The zero-order chi connectivity index (χ0) is 12.4. The standard InChI is InChI=1S/C9H13.C6H6O.ClH.Ti/c1-6-5-7(2)9(4)8(6)3;7-6-4-2-1-3-5-6;;/h6H,1-4H3;1-5,7H;1H;/q;;;+1/p-1. The monoisotopic (exact) mass is 298 g/mol. The molecule has 0 saturated heterocycles. The quantitative estimate of drug-likeness (QED) is 0.732. The molecule has 1 aliphatic rings. The Labute approximate surface area is 125 Å². The minimum Gasteiger partial charge on any atom is -0.147 e. The molecule has 0 N–H and O–H groups in total. The third-order valence-corrected chi connectivity index (χ3v) is 5.80. The summed E-state index contributed by atoms with van der Waals surface area (Å²) in [5, 5.41) is 0. The van der Waals surface area contributed by atoms with E-state index >= 15 is 0 Å². The molecule has 1 aromatic rings. The Morgan fingerprint density at radius 3 is 2.11 bits per heavy atom. The van der Waals surface area contributed by atoms with E-state index in [2.05, 4.69) is 27.7 Å². The molecular formula is C15H19ClOTi. The molecule has 1 unspecified atom stereocenters. The second-order valence-electron chi connectivity index (χ2n) is 4.59. The molecule has 0 saturated carbocycles. The van der Waals surface area contributed by atoms with Crippen LogP contribution in [0.15, 0.2) is 50.9 Å². The Hall–Kier alpha value is -0.496. The molecule has 0 heterocycles. The molecule has 2 rings (SSSR count). The zero-order valence-electron chi connectivity index (χ0n) is 11.3. The average Bonchev–Trinajstić information content (AvgIpc) is 2.54. The van der Waals surface area contributed by atoms with E-state index in [4.69, 9.17) is 3.32 Å². The van der Waals surface area contributed by atoms with Gasteiger partial charge in [0.15, 0.2) is 0 Å². The fraction of sp³-hybridized carbons (Fsp3) is 0.333. The van der Waals surface area contributed by atoms with Gasteiger partial charge in [0.1, 0.15) is 0 Å². The number of para-hydroxylation sites is 1. The molecule has 1 atom stereocenters. The van der Waals surface area contributed by atoms with Crippen molar-refractivity contribution in [3.05, 3.63) is 50.9 Å². The maximum absolute atomic E-state index is 5.97. The Morgan fingerprint density at radius 2 is 1.61 bits per heavy atom. The van der Waals surface area contributed by atoms with E-state index in [0.717, 1.165) is 5.75 Å². The Kier molecular flexibility index (Phi) is 5.71. The van der Waals surface area contributed by atoms with E-state index < -0.39 is 19.5 Å². The van der Waals surface area contributed by atoms with E-state index in [9.17, 15) is 0 Å². The number of rotatable bonds is 3. The first-order chi connectivity index (χ1) is 8.11. The maximum atomic E-state index is 5.97. The summed E-state index contributed by atoms with van der Waals surface area (Å²) in [5.41, 5.74) is 4.44. The van der Waals surface area contributed by atoms with Crippen LogP contribution in [0.1, 0.15) is 27.7 Å². The molecule has 0 amide bonds. The van der Waals surface area contributed by atoms with Crippen molar-refractivity contribution in [1.82, 2.24) is 0 Å². The zero-order valence-corrected chi connectivity index (χ0v) is 13.7. The minimum absolute atomic E-state index is 0. The molecule has 1 aromatic carbocycles. The van der Waals surface area contributed by atoms with Gasteiger partial charge in [-0.05, 0) is 0 Å². The van der Waals surface area contributed by atoms with E-state index in [-0.39, 0.29) is 12.4 Å². The van der Waals surface area contributed by atoms with Gasteiger partial charge < -0.3 is 0 Å². The summed E-state index contributed by atoms with van der Waals surface area (Å²) in [6.07, 6.45) is 0. The number of halogens is 1. The average molecular weight is 299 g/mol. The number of allylic oxidation sites excluding steroid dienone is 4. The third-order valence-electron chi connectivity index (χ3n) is 3.66. The summed E-state index contributed by atoms with van der Waals surface area (Å²) in [4.78, 5) is 0.